The minimum Gasteiger partial charge on any atom is -0.413 e. The number of hydrogen-bond donors (Lipinski definition) is 1. The number of nitrogens with two attached hydrogens (primary N) is 1. The van der Waals surface area contributed by atoms with Crippen LogP contribution in [0.5, 0.6) is 0 Å². The first-order valence-corrected chi connectivity index (χ1v) is 1.43. The van der Waals surface area contributed by atoms with Gasteiger partial charge in [0.15, 0.2) is 6.26 Å². The van der Waals surface area contributed by atoms with Crippen LogP contribution in [0, 0.1) is 10.1 Å². The molecule has 0 aliphatic heterocycles. The summed E-state index contributed by atoms with van der Waals surface area (Å²) >= 11 is 0. The summed E-state index contributed by atoms with van der Waals surface area (Å²) in [5.41, 5.74) is 0. The number of nitrogens with zero attached hydrogens (tertiary/aromatic N) is 1. The second kappa shape index (κ2) is 3.10. The van der Waals surface area contributed by atoms with Crippen LogP contribution >= 0.6 is 0 Å². The van der Waals surface area contributed by atoms with Crippen LogP contribution in [0.3, 0.4) is 0 Å². The van der Waals surface area contributed by atoms with Gasteiger partial charge in [-0.05, 0) is 0 Å². The standard InChI is InChI=1S/C2H4N2O3/c3-7-2-1-4(5)6/h1-2H,3H2. The van der Waals surface area contributed by atoms with Gasteiger partial charge in [-0.2, -0.15) is 5.90 Å². The van der Waals surface area contributed by atoms with Gasteiger partial charge in [0.2, 0.25) is 0 Å². The van der Waals surface area contributed by atoms with Gasteiger partial charge >= 0.3 is 0 Å². The average Bonchev–Trinajstić information content (AvgIpc) is 1.61. The highest BCUT2D eigenvalue weighted by molar-refractivity contribution is 4.55. The fourth-order valence-corrected chi connectivity index (χ4v) is 0.0848. The lowest BCUT2D eigenvalue weighted by molar-refractivity contribution is -0.404. The van der Waals surface area contributed by atoms with Gasteiger partial charge in [0.1, 0.15) is 0 Å². The molecule has 0 amide bonds. The Bertz CT molecular complexity index is 88.9. The first kappa shape index (κ1) is 5.90. The van der Waals surface area contributed by atoms with Gasteiger partial charge in [-0.25, -0.2) is 0 Å². The maximum atomic E-state index is 9.34. The van der Waals surface area contributed by atoms with Crippen LogP contribution in [-0.2, 0) is 4.84 Å². The highest BCUT2D eigenvalue weighted by atomic mass is 16.6. The molecule has 40 valence electrons. The summed E-state index contributed by atoms with van der Waals surface area (Å²) in [5, 5.41) is 9.34. The zero-order valence-electron chi connectivity index (χ0n) is 3.40. The van der Waals surface area contributed by atoms with E-state index in [1.165, 1.54) is 0 Å². The number of rotatable bonds is 2. The molecule has 0 heterocycles. The topological polar surface area (TPSA) is 78.4 Å². The van der Waals surface area contributed by atoms with Gasteiger partial charge in [-0.1, -0.05) is 0 Å². The van der Waals surface area contributed by atoms with E-state index in [2.05, 4.69) is 10.7 Å². The second-order valence-corrected chi connectivity index (χ2v) is 0.707. The Kier molecular flexibility index (Phi) is 2.62. The van der Waals surface area contributed by atoms with E-state index < -0.39 is 4.92 Å². The van der Waals surface area contributed by atoms with Crippen LogP contribution in [-0.4, -0.2) is 4.92 Å². The van der Waals surface area contributed by atoms with Gasteiger partial charge in [0.05, 0.1) is 4.92 Å². The lowest BCUT2D eigenvalue weighted by Gasteiger charge is -1.77. The van der Waals surface area contributed by atoms with Crippen molar-refractivity contribution < 1.29 is 9.76 Å². The van der Waals surface area contributed by atoms with Gasteiger partial charge in [0.25, 0.3) is 6.20 Å². The van der Waals surface area contributed by atoms with Gasteiger partial charge in [-0.3, -0.25) is 10.1 Å². The molecule has 0 aromatic heterocycles. The predicted octanol–water partition coefficient (Wildman–Crippen LogP) is -0.375. The molecule has 0 bridgehead atoms. The summed E-state index contributed by atoms with van der Waals surface area (Å²) < 4.78 is 0. The first-order valence-electron chi connectivity index (χ1n) is 1.43. The molecule has 0 unspecified atom stereocenters. The smallest absolute Gasteiger partial charge is 0.271 e. The molecule has 0 aliphatic carbocycles. The lowest BCUT2D eigenvalue weighted by Crippen LogP contribution is -1.90. The largest absolute Gasteiger partial charge is 0.413 e. The molecule has 0 aromatic rings. The molecule has 7 heavy (non-hydrogen) atoms. The van der Waals surface area contributed by atoms with E-state index in [4.69, 9.17) is 0 Å². The van der Waals surface area contributed by atoms with Crippen LogP contribution in [0.15, 0.2) is 12.5 Å². The summed E-state index contributed by atoms with van der Waals surface area (Å²) in [6.07, 6.45) is 1.38. The van der Waals surface area contributed by atoms with Crippen molar-refractivity contribution in [2.24, 2.45) is 5.90 Å². The van der Waals surface area contributed by atoms with E-state index in [1.807, 2.05) is 0 Å². The molecule has 0 radical (unpaired) electrons. The summed E-state index contributed by atoms with van der Waals surface area (Å²) in [5.74, 6) is 4.39. The lowest BCUT2D eigenvalue weighted by atomic mass is 11.0. The van der Waals surface area contributed by atoms with Crippen LogP contribution in [0.2, 0.25) is 0 Å². The van der Waals surface area contributed by atoms with Crippen molar-refractivity contribution in [2.75, 3.05) is 0 Å². The summed E-state index contributed by atoms with van der Waals surface area (Å²) in [6, 6.07) is 0. The minimum absolute atomic E-state index is 0.597. The van der Waals surface area contributed by atoms with Crippen LogP contribution < -0.4 is 5.90 Å². The molecule has 0 rings (SSSR count). The Morgan fingerprint density at radius 2 is 2.43 bits per heavy atom. The van der Waals surface area contributed by atoms with Crippen molar-refractivity contribution >= 4 is 0 Å². The number of nitro groups is 1. The Balaban J connectivity index is 3.26. The Morgan fingerprint density at radius 1 is 1.86 bits per heavy atom. The van der Waals surface area contributed by atoms with Crippen molar-refractivity contribution in [1.82, 2.24) is 0 Å². The Morgan fingerprint density at radius 3 is 2.57 bits per heavy atom. The predicted molar refractivity (Wildman–Crippen MR) is 21.4 cm³/mol. The second-order valence-electron chi connectivity index (χ2n) is 0.707. The molecule has 0 spiro atoms. The third kappa shape index (κ3) is 4.90. The molecule has 0 atom stereocenters. The molecular weight excluding hydrogens is 100 g/mol. The van der Waals surface area contributed by atoms with Crippen molar-refractivity contribution in [2.45, 2.75) is 0 Å². The van der Waals surface area contributed by atoms with Crippen molar-refractivity contribution in [3.8, 4) is 0 Å². The van der Waals surface area contributed by atoms with E-state index in [1.54, 1.807) is 0 Å². The zero-order valence-corrected chi connectivity index (χ0v) is 3.40. The first-order chi connectivity index (χ1) is 3.27. The molecule has 0 saturated heterocycles. The van der Waals surface area contributed by atoms with E-state index in [9.17, 15) is 10.1 Å². The molecule has 5 heteroatoms. The monoisotopic (exact) mass is 104 g/mol. The van der Waals surface area contributed by atoms with Gasteiger partial charge in [-0.15, -0.1) is 0 Å². The van der Waals surface area contributed by atoms with Crippen molar-refractivity contribution in [3.05, 3.63) is 22.6 Å². The highest BCUT2D eigenvalue weighted by Gasteiger charge is 1.78. The van der Waals surface area contributed by atoms with E-state index in [0.717, 1.165) is 6.26 Å². The fraction of sp³-hybridized carbons (Fsp3) is 0. The quantitative estimate of drug-likeness (QED) is 0.294. The Labute approximate surface area is 39.5 Å². The summed E-state index contributed by atoms with van der Waals surface area (Å²) in [6.45, 7) is 0. The van der Waals surface area contributed by atoms with E-state index in [0.29, 0.717) is 6.20 Å². The maximum absolute atomic E-state index is 9.34. The molecule has 0 fully saturated rings. The third-order valence-corrected chi connectivity index (χ3v) is 0.261. The molecular formula is C2H4N2O3. The molecule has 0 aromatic carbocycles. The van der Waals surface area contributed by atoms with Crippen LogP contribution in [0.1, 0.15) is 0 Å². The summed E-state index contributed by atoms with van der Waals surface area (Å²) in [7, 11) is 0. The zero-order chi connectivity index (χ0) is 5.70. The van der Waals surface area contributed by atoms with E-state index in [-0.39, 0.29) is 0 Å². The van der Waals surface area contributed by atoms with Gasteiger partial charge < -0.3 is 4.84 Å². The molecule has 2 N–H and O–H groups in total. The highest BCUT2D eigenvalue weighted by Crippen LogP contribution is 1.68. The average molecular weight is 104 g/mol. The molecule has 0 aliphatic rings. The molecule has 0 saturated carbocycles. The number of hydrogen-bond acceptors (Lipinski definition) is 4. The fourth-order valence-electron chi connectivity index (χ4n) is 0.0848. The Hall–Kier alpha value is -1.10. The minimum atomic E-state index is -0.674. The van der Waals surface area contributed by atoms with Crippen molar-refractivity contribution in [1.29, 1.82) is 0 Å². The maximum Gasteiger partial charge on any atom is 0.271 e. The third-order valence-electron chi connectivity index (χ3n) is 0.261. The van der Waals surface area contributed by atoms with Crippen LogP contribution in [0.4, 0.5) is 0 Å². The summed E-state index contributed by atoms with van der Waals surface area (Å²) in [4.78, 5) is 12.4. The normalized spacial score (nSPS) is 9.29. The van der Waals surface area contributed by atoms with E-state index >= 15 is 0 Å². The SMILES string of the molecule is NOC=C[N+](=O)[O-]. The van der Waals surface area contributed by atoms with Crippen LogP contribution in [0.25, 0.3) is 0 Å². The van der Waals surface area contributed by atoms with Crippen molar-refractivity contribution in [3.63, 3.8) is 0 Å². The molecule has 5 nitrogen and oxygen atoms in total. The van der Waals surface area contributed by atoms with Gasteiger partial charge in [0, 0.05) is 0 Å².